The number of allylic oxidation sites excluding steroid dienone is 1. The van der Waals surface area contributed by atoms with Gasteiger partial charge in [0.25, 0.3) is 0 Å². The van der Waals surface area contributed by atoms with E-state index in [0.717, 1.165) is 6.54 Å². The molecular formula is C12H25N. The first kappa shape index (κ1) is 12.7. The quantitative estimate of drug-likeness (QED) is 0.428. The third kappa shape index (κ3) is 11.7. The summed E-state index contributed by atoms with van der Waals surface area (Å²) in [5.41, 5.74) is 6.74. The van der Waals surface area contributed by atoms with Crippen LogP contribution < -0.4 is 5.73 Å². The van der Waals surface area contributed by atoms with Crippen molar-refractivity contribution in [3.63, 3.8) is 0 Å². The summed E-state index contributed by atoms with van der Waals surface area (Å²) in [6, 6.07) is 0. The summed E-state index contributed by atoms with van der Waals surface area (Å²) < 4.78 is 0. The standard InChI is InChI=1S/C12H25N/c1-12(2)10-8-6-4-3-5-7-9-11-13/h1,3-11,13H2,2H3. The van der Waals surface area contributed by atoms with E-state index in [2.05, 4.69) is 13.5 Å². The highest BCUT2D eigenvalue weighted by Crippen LogP contribution is 2.10. The van der Waals surface area contributed by atoms with Crippen molar-refractivity contribution < 1.29 is 0 Å². The molecule has 1 heteroatoms. The molecule has 0 aromatic carbocycles. The van der Waals surface area contributed by atoms with Crippen molar-refractivity contribution in [2.75, 3.05) is 6.54 Å². The zero-order valence-corrected chi connectivity index (χ0v) is 9.15. The van der Waals surface area contributed by atoms with Gasteiger partial charge >= 0.3 is 0 Å². The lowest BCUT2D eigenvalue weighted by Crippen LogP contribution is -1.97. The molecule has 0 fully saturated rings. The molecule has 0 aromatic rings. The van der Waals surface area contributed by atoms with Crippen LogP contribution in [0.15, 0.2) is 12.2 Å². The van der Waals surface area contributed by atoms with E-state index in [4.69, 9.17) is 5.73 Å². The highest BCUT2D eigenvalue weighted by atomic mass is 14.5. The smallest absolute Gasteiger partial charge is 0.00773 e. The van der Waals surface area contributed by atoms with Gasteiger partial charge in [0.2, 0.25) is 0 Å². The molecule has 0 atom stereocenters. The molecule has 2 N–H and O–H groups in total. The summed E-state index contributed by atoms with van der Waals surface area (Å²) in [5, 5.41) is 0. The largest absolute Gasteiger partial charge is 0.330 e. The van der Waals surface area contributed by atoms with E-state index in [-0.39, 0.29) is 0 Å². The molecule has 0 saturated carbocycles. The summed E-state index contributed by atoms with van der Waals surface area (Å²) in [7, 11) is 0. The molecule has 0 aliphatic rings. The monoisotopic (exact) mass is 183 g/mol. The Labute approximate surface area is 83.4 Å². The summed E-state index contributed by atoms with van der Waals surface area (Å²) in [6.07, 6.45) is 10.6. The molecule has 0 amide bonds. The normalized spacial score (nSPS) is 10.3. The fourth-order valence-corrected chi connectivity index (χ4v) is 1.45. The number of unbranched alkanes of at least 4 members (excludes halogenated alkanes) is 6. The van der Waals surface area contributed by atoms with Gasteiger partial charge in [-0.25, -0.2) is 0 Å². The van der Waals surface area contributed by atoms with Crippen LogP contribution in [0.3, 0.4) is 0 Å². The molecule has 0 aliphatic heterocycles. The van der Waals surface area contributed by atoms with Gasteiger partial charge in [-0.05, 0) is 32.7 Å². The zero-order valence-electron chi connectivity index (χ0n) is 9.15. The molecule has 0 heterocycles. The van der Waals surface area contributed by atoms with Crippen molar-refractivity contribution in [2.24, 2.45) is 5.73 Å². The van der Waals surface area contributed by atoms with Crippen LogP contribution in [-0.4, -0.2) is 6.54 Å². The maximum absolute atomic E-state index is 5.41. The van der Waals surface area contributed by atoms with E-state index in [9.17, 15) is 0 Å². The van der Waals surface area contributed by atoms with Crippen LogP contribution in [0.4, 0.5) is 0 Å². The molecule has 0 radical (unpaired) electrons. The van der Waals surface area contributed by atoms with Gasteiger partial charge in [-0.1, -0.05) is 37.7 Å². The molecule has 0 rings (SSSR count). The highest BCUT2D eigenvalue weighted by molar-refractivity contribution is 4.86. The van der Waals surface area contributed by atoms with Crippen molar-refractivity contribution in [3.8, 4) is 0 Å². The molecule has 0 aromatic heterocycles. The Kier molecular flexibility index (Phi) is 9.56. The SMILES string of the molecule is C=C(C)CCCCCCCCCN. The molecule has 0 saturated heterocycles. The molecule has 1 nitrogen and oxygen atoms in total. The molecule has 0 bridgehead atoms. The van der Waals surface area contributed by atoms with E-state index in [0.29, 0.717) is 0 Å². The second-order valence-electron chi connectivity index (χ2n) is 3.97. The van der Waals surface area contributed by atoms with E-state index >= 15 is 0 Å². The van der Waals surface area contributed by atoms with Crippen LogP contribution in [0.5, 0.6) is 0 Å². The van der Waals surface area contributed by atoms with Gasteiger partial charge in [0.05, 0.1) is 0 Å². The number of hydrogen-bond acceptors (Lipinski definition) is 1. The minimum Gasteiger partial charge on any atom is -0.330 e. The van der Waals surface area contributed by atoms with Crippen LogP contribution >= 0.6 is 0 Å². The van der Waals surface area contributed by atoms with Gasteiger partial charge < -0.3 is 5.73 Å². The van der Waals surface area contributed by atoms with Gasteiger partial charge in [-0.3, -0.25) is 0 Å². The Morgan fingerprint density at radius 1 is 0.923 bits per heavy atom. The van der Waals surface area contributed by atoms with Crippen LogP contribution in [0.25, 0.3) is 0 Å². The van der Waals surface area contributed by atoms with Crippen LogP contribution in [0.2, 0.25) is 0 Å². The Morgan fingerprint density at radius 2 is 1.38 bits per heavy atom. The second-order valence-corrected chi connectivity index (χ2v) is 3.97. The maximum Gasteiger partial charge on any atom is -0.00773 e. The predicted octanol–water partition coefficient (Wildman–Crippen LogP) is 3.64. The van der Waals surface area contributed by atoms with E-state index in [1.807, 2.05) is 0 Å². The molecule has 13 heavy (non-hydrogen) atoms. The fourth-order valence-electron chi connectivity index (χ4n) is 1.45. The zero-order chi connectivity index (χ0) is 9.94. The third-order valence-electron chi connectivity index (χ3n) is 2.31. The van der Waals surface area contributed by atoms with Gasteiger partial charge in [-0.2, -0.15) is 0 Å². The minimum absolute atomic E-state index is 0.857. The summed E-state index contributed by atoms with van der Waals surface area (Å²) in [5.74, 6) is 0. The van der Waals surface area contributed by atoms with Crippen molar-refractivity contribution >= 4 is 0 Å². The predicted molar refractivity (Wildman–Crippen MR) is 60.8 cm³/mol. The Morgan fingerprint density at radius 3 is 1.85 bits per heavy atom. The Hall–Kier alpha value is -0.300. The average Bonchev–Trinajstić information content (AvgIpc) is 2.09. The average molecular weight is 183 g/mol. The lowest BCUT2D eigenvalue weighted by Gasteiger charge is -2.01. The van der Waals surface area contributed by atoms with Crippen molar-refractivity contribution in [3.05, 3.63) is 12.2 Å². The fraction of sp³-hybridized carbons (Fsp3) is 0.833. The molecule has 0 aliphatic carbocycles. The number of hydrogen-bond donors (Lipinski definition) is 1. The lowest BCUT2D eigenvalue weighted by atomic mass is 10.1. The lowest BCUT2D eigenvalue weighted by molar-refractivity contribution is 0.581. The summed E-state index contributed by atoms with van der Waals surface area (Å²) >= 11 is 0. The molecular weight excluding hydrogens is 158 g/mol. The third-order valence-corrected chi connectivity index (χ3v) is 2.31. The Bertz CT molecular complexity index is 118. The first-order chi connectivity index (χ1) is 6.27. The molecule has 0 unspecified atom stereocenters. The summed E-state index contributed by atoms with van der Waals surface area (Å²) in [4.78, 5) is 0. The van der Waals surface area contributed by atoms with Crippen molar-refractivity contribution in [1.82, 2.24) is 0 Å². The first-order valence-electron chi connectivity index (χ1n) is 5.62. The van der Waals surface area contributed by atoms with Crippen LogP contribution in [0, 0.1) is 0 Å². The van der Waals surface area contributed by atoms with E-state index in [1.165, 1.54) is 56.9 Å². The molecule has 78 valence electrons. The summed E-state index contributed by atoms with van der Waals surface area (Å²) in [6.45, 7) is 6.87. The van der Waals surface area contributed by atoms with Crippen molar-refractivity contribution in [2.45, 2.75) is 58.3 Å². The first-order valence-corrected chi connectivity index (χ1v) is 5.62. The van der Waals surface area contributed by atoms with Crippen LogP contribution in [-0.2, 0) is 0 Å². The molecule has 0 spiro atoms. The van der Waals surface area contributed by atoms with E-state index < -0.39 is 0 Å². The van der Waals surface area contributed by atoms with E-state index in [1.54, 1.807) is 0 Å². The van der Waals surface area contributed by atoms with Gasteiger partial charge in [0.1, 0.15) is 0 Å². The van der Waals surface area contributed by atoms with Crippen LogP contribution in [0.1, 0.15) is 58.3 Å². The topological polar surface area (TPSA) is 26.0 Å². The number of nitrogens with two attached hydrogens (primary N) is 1. The Balaban J connectivity index is 2.87. The van der Waals surface area contributed by atoms with Crippen molar-refractivity contribution in [1.29, 1.82) is 0 Å². The minimum atomic E-state index is 0.857. The highest BCUT2D eigenvalue weighted by Gasteiger charge is 1.91. The number of rotatable bonds is 9. The van der Waals surface area contributed by atoms with Gasteiger partial charge in [0, 0.05) is 0 Å². The van der Waals surface area contributed by atoms with Gasteiger partial charge in [-0.15, -0.1) is 6.58 Å². The maximum atomic E-state index is 5.41. The second kappa shape index (κ2) is 9.79. The van der Waals surface area contributed by atoms with Gasteiger partial charge in [0.15, 0.2) is 0 Å².